The molecule has 0 aromatic rings. The predicted octanol–water partition coefficient (Wildman–Crippen LogP) is 1.59. The minimum absolute atomic E-state index is 0.860. The van der Waals surface area contributed by atoms with Gasteiger partial charge in [-0.2, -0.15) is 0 Å². The Morgan fingerprint density at radius 1 is 1.50 bits per heavy atom. The molecular formula is C8H16N2. The normalized spacial score (nSPS) is 13.6. The lowest BCUT2D eigenvalue weighted by molar-refractivity contribution is 0.991. The highest BCUT2D eigenvalue weighted by molar-refractivity contribution is 5.93. The molecule has 0 aromatic carbocycles. The smallest absolute Gasteiger partial charge is 0.0364 e. The Kier molecular flexibility index (Phi) is 4.63. The summed E-state index contributed by atoms with van der Waals surface area (Å²) in [5, 5.41) is 3.03. The summed E-state index contributed by atoms with van der Waals surface area (Å²) in [5.74, 6) is 0. The maximum atomic E-state index is 4.21. The van der Waals surface area contributed by atoms with E-state index >= 15 is 0 Å². The summed E-state index contributed by atoms with van der Waals surface area (Å²) in [6, 6.07) is 0. The van der Waals surface area contributed by atoms with Gasteiger partial charge in [0.15, 0.2) is 0 Å². The third-order valence-corrected chi connectivity index (χ3v) is 1.23. The molecule has 1 N–H and O–H groups in total. The lowest BCUT2D eigenvalue weighted by Crippen LogP contribution is -2.03. The molecule has 0 rings (SSSR count). The molecule has 0 aliphatic carbocycles. The van der Waals surface area contributed by atoms with E-state index in [2.05, 4.69) is 10.3 Å². The molecule has 2 nitrogen and oxygen atoms in total. The van der Waals surface area contributed by atoms with E-state index in [1.54, 1.807) is 0 Å². The topological polar surface area (TPSA) is 24.4 Å². The third-order valence-electron chi connectivity index (χ3n) is 1.23. The molecule has 0 atom stereocenters. The van der Waals surface area contributed by atoms with Crippen molar-refractivity contribution in [3.63, 3.8) is 0 Å². The summed E-state index contributed by atoms with van der Waals surface area (Å²) in [7, 11) is 1.91. The van der Waals surface area contributed by atoms with Crippen LogP contribution in [-0.2, 0) is 0 Å². The number of rotatable bonds is 3. The largest absolute Gasteiger partial charge is 0.392 e. The van der Waals surface area contributed by atoms with Crippen molar-refractivity contribution in [2.45, 2.75) is 20.8 Å². The third kappa shape index (κ3) is 4.13. The molecule has 0 bridgehead atoms. The Morgan fingerprint density at radius 3 is 2.50 bits per heavy atom. The van der Waals surface area contributed by atoms with E-state index < -0.39 is 0 Å². The molecular weight excluding hydrogens is 124 g/mol. The Hall–Kier alpha value is -0.790. The van der Waals surface area contributed by atoms with Crippen LogP contribution in [0.25, 0.3) is 0 Å². The fourth-order valence-electron chi connectivity index (χ4n) is 0.681. The number of allylic oxidation sites excluding steroid dienone is 2. The Labute approximate surface area is 63.0 Å². The van der Waals surface area contributed by atoms with Crippen molar-refractivity contribution < 1.29 is 0 Å². The minimum atomic E-state index is 0.860. The van der Waals surface area contributed by atoms with Gasteiger partial charge < -0.3 is 5.32 Å². The lowest BCUT2D eigenvalue weighted by Gasteiger charge is -1.97. The number of hydrogen-bond donors (Lipinski definition) is 1. The van der Waals surface area contributed by atoms with Crippen LogP contribution in [0, 0.1) is 0 Å². The van der Waals surface area contributed by atoms with Gasteiger partial charge in [-0.3, -0.25) is 4.99 Å². The van der Waals surface area contributed by atoms with Gasteiger partial charge in [-0.05, 0) is 26.8 Å². The number of aliphatic imine (C=N–C) groups is 1. The first-order chi connectivity index (χ1) is 4.70. The van der Waals surface area contributed by atoms with Gasteiger partial charge in [-0.1, -0.05) is 0 Å². The van der Waals surface area contributed by atoms with Gasteiger partial charge in [-0.25, -0.2) is 0 Å². The van der Waals surface area contributed by atoms with Crippen molar-refractivity contribution in [1.29, 1.82) is 0 Å². The molecule has 0 spiro atoms. The minimum Gasteiger partial charge on any atom is -0.392 e. The molecule has 0 saturated carbocycles. The average molecular weight is 140 g/mol. The van der Waals surface area contributed by atoms with Gasteiger partial charge in [0, 0.05) is 25.0 Å². The fourth-order valence-corrected chi connectivity index (χ4v) is 0.681. The summed E-state index contributed by atoms with van der Waals surface area (Å²) in [4.78, 5) is 4.21. The zero-order chi connectivity index (χ0) is 7.98. The van der Waals surface area contributed by atoms with Crippen LogP contribution in [0.1, 0.15) is 20.8 Å². The first-order valence-electron chi connectivity index (χ1n) is 3.57. The van der Waals surface area contributed by atoms with E-state index in [1.807, 2.05) is 33.9 Å². The van der Waals surface area contributed by atoms with Gasteiger partial charge in [0.25, 0.3) is 0 Å². The van der Waals surface area contributed by atoms with E-state index in [1.165, 1.54) is 0 Å². The number of nitrogens with zero attached hydrogens (tertiary/aromatic N) is 1. The maximum absolute atomic E-state index is 4.21. The van der Waals surface area contributed by atoms with Crippen LogP contribution in [0.2, 0.25) is 0 Å². The maximum Gasteiger partial charge on any atom is 0.0364 e. The quantitative estimate of drug-likeness (QED) is 0.591. The van der Waals surface area contributed by atoms with Crippen molar-refractivity contribution in [2.75, 3.05) is 13.6 Å². The zero-order valence-corrected chi connectivity index (χ0v) is 7.23. The molecule has 0 unspecified atom stereocenters. The van der Waals surface area contributed by atoms with Crippen molar-refractivity contribution in [1.82, 2.24) is 5.32 Å². The van der Waals surface area contributed by atoms with Gasteiger partial charge >= 0.3 is 0 Å². The molecule has 0 aliphatic rings. The monoisotopic (exact) mass is 140 g/mol. The number of hydrogen-bond acceptors (Lipinski definition) is 2. The summed E-state index contributed by atoms with van der Waals surface area (Å²) in [6.45, 7) is 6.92. The molecule has 0 heterocycles. The van der Waals surface area contributed by atoms with Crippen LogP contribution in [0.3, 0.4) is 0 Å². The molecule has 0 saturated heterocycles. The highest BCUT2D eigenvalue weighted by atomic mass is 14.8. The molecule has 0 fully saturated rings. The fraction of sp³-hybridized carbons (Fsp3) is 0.625. The van der Waals surface area contributed by atoms with Gasteiger partial charge in [0.2, 0.25) is 0 Å². The predicted molar refractivity (Wildman–Crippen MR) is 46.5 cm³/mol. The van der Waals surface area contributed by atoms with E-state index in [0.717, 1.165) is 18.0 Å². The highest BCUT2D eigenvalue weighted by Gasteiger charge is 1.84. The van der Waals surface area contributed by atoms with Crippen molar-refractivity contribution in [3.8, 4) is 0 Å². The standard InChI is InChI=1S/C8H16N2/c1-5-10-8(3)6-7(2)9-4/h6,9H,5H2,1-4H3/b7-6-,10-8+. The van der Waals surface area contributed by atoms with E-state index in [-0.39, 0.29) is 0 Å². The van der Waals surface area contributed by atoms with Crippen molar-refractivity contribution in [2.24, 2.45) is 4.99 Å². The Bertz CT molecular complexity index is 145. The molecule has 0 aliphatic heterocycles. The van der Waals surface area contributed by atoms with Gasteiger partial charge in [-0.15, -0.1) is 0 Å². The lowest BCUT2D eigenvalue weighted by atomic mass is 10.3. The van der Waals surface area contributed by atoms with Crippen LogP contribution >= 0.6 is 0 Å². The van der Waals surface area contributed by atoms with Crippen LogP contribution < -0.4 is 5.32 Å². The summed E-state index contributed by atoms with van der Waals surface area (Å²) < 4.78 is 0. The Morgan fingerprint density at radius 2 is 2.10 bits per heavy atom. The van der Waals surface area contributed by atoms with E-state index in [9.17, 15) is 0 Å². The van der Waals surface area contributed by atoms with Crippen LogP contribution in [0.15, 0.2) is 16.8 Å². The molecule has 58 valence electrons. The second kappa shape index (κ2) is 5.03. The van der Waals surface area contributed by atoms with Gasteiger partial charge in [0.05, 0.1) is 0 Å². The van der Waals surface area contributed by atoms with Crippen LogP contribution in [0.4, 0.5) is 0 Å². The molecule has 10 heavy (non-hydrogen) atoms. The van der Waals surface area contributed by atoms with Crippen LogP contribution in [-0.4, -0.2) is 19.3 Å². The first-order valence-corrected chi connectivity index (χ1v) is 3.57. The molecule has 0 amide bonds. The highest BCUT2D eigenvalue weighted by Crippen LogP contribution is 1.87. The SMILES string of the molecule is CC/N=C(C)/C=C(/C)NC. The van der Waals surface area contributed by atoms with Crippen LogP contribution in [0.5, 0.6) is 0 Å². The molecule has 0 radical (unpaired) electrons. The molecule has 0 aromatic heterocycles. The van der Waals surface area contributed by atoms with E-state index in [0.29, 0.717) is 0 Å². The second-order valence-electron chi connectivity index (χ2n) is 2.19. The summed E-state index contributed by atoms with van der Waals surface area (Å²) in [5.41, 5.74) is 2.23. The van der Waals surface area contributed by atoms with Crippen molar-refractivity contribution >= 4 is 5.71 Å². The Balaban J connectivity index is 3.98. The summed E-state index contributed by atoms with van der Waals surface area (Å²) in [6.07, 6.45) is 2.03. The van der Waals surface area contributed by atoms with Crippen molar-refractivity contribution in [3.05, 3.63) is 11.8 Å². The summed E-state index contributed by atoms with van der Waals surface area (Å²) >= 11 is 0. The first kappa shape index (κ1) is 9.21. The zero-order valence-electron chi connectivity index (χ0n) is 7.23. The van der Waals surface area contributed by atoms with E-state index in [4.69, 9.17) is 0 Å². The number of nitrogens with one attached hydrogen (secondary N) is 1. The second-order valence-corrected chi connectivity index (χ2v) is 2.19. The van der Waals surface area contributed by atoms with Gasteiger partial charge in [0.1, 0.15) is 0 Å². The molecule has 2 heteroatoms. The average Bonchev–Trinajstić information content (AvgIpc) is 1.88.